The Hall–Kier alpha value is -3.25. The Morgan fingerprint density at radius 3 is 2.31 bits per heavy atom. The minimum absolute atomic E-state index is 0.0480. The van der Waals surface area contributed by atoms with Crippen LogP contribution in [-0.4, -0.2) is 21.8 Å². The van der Waals surface area contributed by atoms with E-state index in [9.17, 15) is 14.7 Å². The lowest BCUT2D eigenvalue weighted by atomic mass is 9.95. The normalized spacial score (nSPS) is 18.3. The Labute approximate surface area is 176 Å². The average Bonchev–Trinajstić information content (AvgIpc) is 2.99. The summed E-state index contributed by atoms with van der Waals surface area (Å²) in [5.74, 6) is -1.28. The van der Waals surface area contributed by atoms with Crippen LogP contribution in [0, 0.1) is 6.92 Å². The second-order valence-electron chi connectivity index (χ2n) is 6.72. The number of anilines is 1. The molecule has 2 heterocycles. The van der Waals surface area contributed by atoms with Gasteiger partial charge in [-0.1, -0.05) is 64.5 Å². The number of ketones is 1. The van der Waals surface area contributed by atoms with Crippen molar-refractivity contribution in [2.24, 2.45) is 0 Å². The summed E-state index contributed by atoms with van der Waals surface area (Å²) in [6.07, 6.45) is 0. The molecule has 2 aromatic carbocycles. The van der Waals surface area contributed by atoms with Gasteiger partial charge in [0.2, 0.25) is 0 Å². The first-order valence-corrected chi connectivity index (χ1v) is 9.82. The van der Waals surface area contributed by atoms with E-state index in [1.165, 1.54) is 4.90 Å². The highest BCUT2D eigenvalue weighted by molar-refractivity contribution is 9.10. The minimum atomic E-state index is -0.780. The number of halogens is 1. The van der Waals surface area contributed by atoms with E-state index in [0.717, 1.165) is 10.2 Å². The molecule has 1 fully saturated rings. The fraction of sp³-hybridized carbons (Fsp3) is 0.0870. The number of carbonyl (C=O) groups excluding carboxylic acids is 2. The molecule has 1 unspecified atom stereocenters. The zero-order valence-corrected chi connectivity index (χ0v) is 17.1. The van der Waals surface area contributed by atoms with E-state index < -0.39 is 17.7 Å². The van der Waals surface area contributed by atoms with Gasteiger partial charge in [-0.05, 0) is 36.8 Å². The van der Waals surface area contributed by atoms with Crippen molar-refractivity contribution < 1.29 is 14.7 Å². The van der Waals surface area contributed by atoms with E-state index in [0.29, 0.717) is 16.9 Å². The third kappa shape index (κ3) is 3.47. The molecule has 4 rings (SSSR count). The number of aliphatic hydroxyl groups excluding tert-OH is 1. The molecule has 1 aromatic heterocycles. The molecule has 0 bridgehead atoms. The number of aryl methyl sites for hydroxylation is 1. The number of rotatable bonds is 3. The number of aliphatic hydroxyl groups is 1. The first-order valence-electron chi connectivity index (χ1n) is 9.03. The fourth-order valence-corrected chi connectivity index (χ4v) is 3.71. The number of nitrogens with zero attached hydrogens (tertiary/aromatic N) is 2. The maximum absolute atomic E-state index is 13.0. The molecule has 3 aromatic rings. The predicted octanol–water partition coefficient (Wildman–Crippen LogP) is 4.78. The largest absolute Gasteiger partial charge is 0.507 e. The van der Waals surface area contributed by atoms with E-state index in [1.807, 2.05) is 43.3 Å². The van der Waals surface area contributed by atoms with E-state index >= 15 is 0 Å². The second-order valence-corrected chi connectivity index (χ2v) is 7.64. The number of Topliss-reactive ketones (excluding diaryl/α,β-unsaturated/α-hetero) is 1. The van der Waals surface area contributed by atoms with Crippen molar-refractivity contribution in [1.82, 2.24) is 4.98 Å². The quantitative estimate of drug-likeness (QED) is 0.355. The molecule has 0 aliphatic carbocycles. The highest BCUT2D eigenvalue weighted by atomic mass is 79.9. The Bertz CT molecular complexity index is 1120. The molecule has 0 radical (unpaired) electrons. The van der Waals surface area contributed by atoms with Crippen LogP contribution in [0.3, 0.4) is 0 Å². The molecule has 0 saturated carbocycles. The lowest BCUT2D eigenvalue weighted by molar-refractivity contribution is -0.132. The molecule has 1 aliphatic heterocycles. The van der Waals surface area contributed by atoms with E-state index in [4.69, 9.17) is 0 Å². The van der Waals surface area contributed by atoms with Gasteiger partial charge in [-0.15, -0.1) is 0 Å². The summed E-state index contributed by atoms with van der Waals surface area (Å²) >= 11 is 3.41. The van der Waals surface area contributed by atoms with Gasteiger partial charge < -0.3 is 5.11 Å². The molecule has 1 N–H and O–H groups in total. The molecular formula is C23H17BrN2O3. The minimum Gasteiger partial charge on any atom is -0.507 e. The Balaban J connectivity index is 1.96. The highest BCUT2D eigenvalue weighted by Gasteiger charge is 2.47. The van der Waals surface area contributed by atoms with Crippen LogP contribution < -0.4 is 4.90 Å². The van der Waals surface area contributed by atoms with Crippen molar-refractivity contribution in [1.29, 1.82) is 0 Å². The van der Waals surface area contributed by atoms with Gasteiger partial charge in [-0.25, -0.2) is 4.98 Å². The smallest absolute Gasteiger partial charge is 0.301 e. The lowest BCUT2D eigenvalue weighted by Gasteiger charge is -2.24. The molecular weight excluding hydrogens is 432 g/mol. The zero-order valence-electron chi connectivity index (χ0n) is 15.5. The van der Waals surface area contributed by atoms with Crippen LogP contribution in [-0.2, 0) is 9.59 Å². The van der Waals surface area contributed by atoms with Crippen molar-refractivity contribution in [2.45, 2.75) is 13.0 Å². The third-order valence-electron chi connectivity index (χ3n) is 4.80. The summed E-state index contributed by atoms with van der Waals surface area (Å²) in [4.78, 5) is 31.8. The van der Waals surface area contributed by atoms with Crippen LogP contribution in [0.15, 0.2) is 82.8 Å². The van der Waals surface area contributed by atoms with E-state index in [-0.39, 0.29) is 11.3 Å². The Morgan fingerprint density at radius 1 is 0.966 bits per heavy atom. The van der Waals surface area contributed by atoms with E-state index in [2.05, 4.69) is 20.9 Å². The van der Waals surface area contributed by atoms with Crippen LogP contribution in [0.1, 0.15) is 22.9 Å². The number of carbonyl (C=O) groups is 2. The van der Waals surface area contributed by atoms with Gasteiger partial charge in [-0.2, -0.15) is 0 Å². The number of benzene rings is 2. The predicted molar refractivity (Wildman–Crippen MR) is 114 cm³/mol. The number of aromatic nitrogens is 1. The maximum atomic E-state index is 13.0. The Kier molecular flexibility index (Phi) is 5.03. The van der Waals surface area contributed by atoms with Crippen molar-refractivity contribution in [3.8, 4) is 0 Å². The molecule has 144 valence electrons. The monoisotopic (exact) mass is 448 g/mol. The molecule has 1 saturated heterocycles. The SMILES string of the molecule is Cc1cccc(N2C(=O)C(=O)C(=C(O)c3ccccc3)C2c2ccc(Br)cc2)n1. The van der Waals surface area contributed by atoms with Crippen LogP contribution in [0.2, 0.25) is 0 Å². The second kappa shape index (κ2) is 7.64. The van der Waals surface area contributed by atoms with Gasteiger partial charge in [0, 0.05) is 15.7 Å². The van der Waals surface area contributed by atoms with Gasteiger partial charge >= 0.3 is 5.91 Å². The first kappa shape index (κ1) is 19.1. The molecule has 29 heavy (non-hydrogen) atoms. The maximum Gasteiger partial charge on any atom is 0.301 e. The van der Waals surface area contributed by atoms with Gasteiger partial charge in [-0.3, -0.25) is 14.5 Å². The van der Waals surface area contributed by atoms with Crippen LogP contribution in [0.25, 0.3) is 5.76 Å². The van der Waals surface area contributed by atoms with E-state index in [1.54, 1.807) is 36.4 Å². The highest BCUT2D eigenvalue weighted by Crippen LogP contribution is 2.41. The third-order valence-corrected chi connectivity index (χ3v) is 5.33. The Morgan fingerprint density at radius 2 is 1.66 bits per heavy atom. The number of hydrogen-bond donors (Lipinski definition) is 1. The van der Waals surface area contributed by atoms with Gasteiger partial charge in [0.25, 0.3) is 5.78 Å². The van der Waals surface area contributed by atoms with Crippen molar-refractivity contribution in [3.63, 3.8) is 0 Å². The fourth-order valence-electron chi connectivity index (χ4n) is 3.44. The molecule has 6 heteroatoms. The summed E-state index contributed by atoms with van der Waals surface area (Å²) in [6.45, 7) is 1.82. The molecule has 0 spiro atoms. The summed E-state index contributed by atoms with van der Waals surface area (Å²) in [6, 6.07) is 20.6. The molecule has 1 atom stereocenters. The van der Waals surface area contributed by atoms with Crippen molar-refractivity contribution in [2.75, 3.05) is 4.90 Å². The summed E-state index contributed by atoms with van der Waals surface area (Å²) in [5, 5.41) is 11.0. The van der Waals surface area contributed by atoms with Crippen LogP contribution in [0.5, 0.6) is 0 Å². The van der Waals surface area contributed by atoms with Crippen molar-refractivity contribution in [3.05, 3.63) is 99.7 Å². The first-order chi connectivity index (χ1) is 14.0. The summed E-state index contributed by atoms with van der Waals surface area (Å²) in [7, 11) is 0. The summed E-state index contributed by atoms with van der Waals surface area (Å²) < 4.78 is 0.870. The van der Waals surface area contributed by atoms with Crippen LogP contribution >= 0.6 is 15.9 Å². The van der Waals surface area contributed by atoms with Gasteiger partial charge in [0.05, 0.1) is 11.6 Å². The van der Waals surface area contributed by atoms with Crippen LogP contribution in [0.4, 0.5) is 5.82 Å². The lowest BCUT2D eigenvalue weighted by Crippen LogP contribution is -2.30. The summed E-state index contributed by atoms with van der Waals surface area (Å²) in [5.41, 5.74) is 1.95. The average molecular weight is 449 g/mol. The molecule has 5 nitrogen and oxygen atoms in total. The van der Waals surface area contributed by atoms with Crippen molar-refractivity contribution >= 4 is 39.2 Å². The molecule has 1 amide bonds. The topological polar surface area (TPSA) is 70.5 Å². The standard InChI is InChI=1S/C23H17BrN2O3/c1-14-6-5-9-18(25-14)26-20(15-10-12-17(24)13-11-15)19(22(28)23(26)29)21(27)16-7-3-2-4-8-16/h2-13,20,27H,1H3. The molecule has 1 aliphatic rings. The number of amides is 1. The number of hydrogen-bond acceptors (Lipinski definition) is 4. The van der Waals surface area contributed by atoms with Gasteiger partial charge in [0.15, 0.2) is 0 Å². The zero-order chi connectivity index (χ0) is 20.5. The number of pyridine rings is 1. The van der Waals surface area contributed by atoms with Gasteiger partial charge in [0.1, 0.15) is 11.6 Å².